The zero-order chi connectivity index (χ0) is 14.5. The molecule has 1 aromatic carbocycles. The number of hydrogen-bond acceptors (Lipinski definition) is 3. The van der Waals surface area contributed by atoms with E-state index >= 15 is 0 Å². The molecular weight excluding hydrogens is 276 g/mol. The molecule has 0 aliphatic carbocycles. The molecule has 0 spiro atoms. The van der Waals surface area contributed by atoms with E-state index in [-0.39, 0.29) is 10.6 Å². The number of rotatable bonds is 5. The molecule has 1 aromatic heterocycles. The molecule has 0 aliphatic rings. The second kappa shape index (κ2) is 6.39. The highest BCUT2D eigenvalue weighted by Gasteiger charge is 2.18. The Balaban J connectivity index is 2.37. The number of halogens is 1. The lowest BCUT2D eigenvalue weighted by Crippen LogP contribution is -2.24. The number of carbonyl (C=O) groups is 1. The number of aromatic nitrogens is 1. The lowest BCUT2D eigenvalue weighted by atomic mass is 10.1. The Bertz CT molecular complexity index is 602. The van der Waals surface area contributed by atoms with Crippen molar-refractivity contribution >= 4 is 23.3 Å². The number of aromatic carboxylic acids is 1. The van der Waals surface area contributed by atoms with Gasteiger partial charge in [-0.3, -0.25) is 4.98 Å². The molecule has 0 saturated carbocycles. The Hall–Kier alpha value is -2.07. The Morgan fingerprint density at radius 2 is 2.00 bits per heavy atom. The molecule has 104 valence electrons. The average molecular weight is 291 g/mol. The molecule has 20 heavy (non-hydrogen) atoms. The predicted octanol–water partition coefficient (Wildman–Crippen LogP) is 3.46. The average Bonchev–Trinajstić information content (AvgIpc) is 2.45. The van der Waals surface area contributed by atoms with Crippen molar-refractivity contribution in [3.63, 3.8) is 0 Å². The smallest absolute Gasteiger partial charge is 0.339 e. The minimum atomic E-state index is -1.02. The Labute approximate surface area is 122 Å². The van der Waals surface area contributed by atoms with E-state index in [1.807, 2.05) is 24.0 Å². The first-order valence-corrected chi connectivity index (χ1v) is 6.67. The number of benzene rings is 1. The molecule has 0 amide bonds. The number of pyridine rings is 1. The Kier molecular flexibility index (Phi) is 4.58. The van der Waals surface area contributed by atoms with Crippen LogP contribution in [0.15, 0.2) is 42.7 Å². The summed E-state index contributed by atoms with van der Waals surface area (Å²) in [6.07, 6.45) is 3.44. The zero-order valence-electron chi connectivity index (χ0n) is 11.1. The molecule has 0 atom stereocenters. The summed E-state index contributed by atoms with van der Waals surface area (Å²) in [6, 6.07) is 8.95. The largest absolute Gasteiger partial charge is 0.478 e. The molecule has 0 bridgehead atoms. The minimum Gasteiger partial charge on any atom is -0.478 e. The molecule has 0 radical (unpaired) electrons. The zero-order valence-corrected chi connectivity index (χ0v) is 11.8. The second-order valence-electron chi connectivity index (χ2n) is 4.31. The fourth-order valence-electron chi connectivity index (χ4n) is 2.06. The van der Waals surface area contributed by atoms with Crippen LogP contribution in [0.4, 0.5) is 5.69 Å². The number of hydrogen-bond donors (Lipinski definition) is 1. The molecule has 1 N–H and O–H groups in total. The first kappa shape index (κ1) is 14.3. The number of anilines is 1. The van der Waals surface area contributed by atoms with Gasteiger partial charge in [-0.05, 0) is 36.8 Å². The Morgan fingerprint density at radius 3 is 2.60 bits per heavy atom. The normalized spacial score (nSPS) is 10.3. The monoisotopic (exact) mass is 290 g/mol. The van der Waals surface area contributed by atoms with Gasteiger partial charge < -0.3 is 10.0 Å². The first-order valence-electron chi connectivity index (χ1n) is 6.29. The summed E-state index contributed by atoms with van der Waals surface area (Å²) in [6.45, 7) is 3.27. The second-order valence-corrected chi connectivity index (χ2v) is 4.72. The third-order valence-corrected chi connectivity index (χ3v) is 3.37. The molecule has 0 fully saturated rings. The minimum absolute atomic E-state index is 0.144. The highest BCUT2D eigenvalue weighted by atomic mass is 35.5. The first-order chi connectivity index (χ1) is 9.63. The van der Waals surface area contributed by atoms with Crippen molar-refractivity contribution in [2.45, 2.75) is 13.5 Å². The fraction of sp³-hybridized carbons (Fsp3) is 0.200. The Morgan fingerprint density at radius 1 is 1.30 bits per heavy atom. The summed E-state index contributed by atoms with van der Waals surface area (Å²) in [5, 5.41) is 9.59. The summed E-state index contributed by atoms with van der Waals surface area (Å²) < 4.78 is 0. The van der Waals surface area contributed by atoms with Gasteiger partial charge in [-0.25, -0.2) is 4.79 Å². The maximum Gasteiger partial charge on any atom is 0.339 e. The molecule has 5 heteroatoms. The molecule has 2 aromatic rings. The quantitative estimate of drug-likeness (QED) is 0.916. The van der Waals surface area contributed by atoms with Crippen LogP contribution in [0.3, 0.4) is 0 Å². The van der Waals surface area contributed by atoms with Crippen molar-refractivity contribution in [3.05, 3.63) is 58.9 Å². The van der Waals surface area contributed by atoms with E-state index in [0.29, 0.717) is 18.8 Å². The maximum absolute atomic E-state index is 11.4. The molecule has 0 saturated heterocycles. The van der Waals surface area contributed by atoms with E-state index in [9.17, 15) is 9.90 Å². The van der Waals surface area contributed by atoms with E-state index in [2.05, 4.69) is 4.98 Å². The summed E-state index contributed by atoms with van der Waals surface area (Å²) in [5.74, 6) is -1.02. The number of carboxylic acid groups (broad SMARTS) is 1. The van der Waals surface area contributed by atoms with Crippen LogP contribution in [-0.2, 0) is 6.54 Å². The molecule has 0 aliphatic heterocycles. The van der Waals surface area contributed by atoms with Crippen LogP contribution in [-0.4, -0.2) is 22.6 Å². The standard InChI is InChI=1S/C15H15ClN2O2/c1-2-18(10-11-6-8-17-9-7-11)13-5-3-4-12(16)14(13)15(19)20/h3-9H,2,10H2,1H3,(H,19,20). The highest BCUT2D eigenvalue weighted by Crippen LogP contribution is 2.28. The van der Waals surface area contributed by atoms with Crippen LogP contribution in [0.2, 0.25) is 5.02 Å². The summed E-state index contributed by atoms with van der Waals surface area (Å²) in [4.78, 5) is 17.3. The fourth-order valence-corrected chi connectivity index (χ4v) is 2.31. The third-order valence-electron chi connectivity index (χ3n) is 3.05. The molecule has 1 heterocycles. The topological polar surface area (TPSA) is 53.4 Å². The van der Waals surface area contributed by atoms with Crippen LogP contribution in [0.25, 0.3) is 0 Å². The van der Waals surface area contributed by atoms with Gasteiger partial charge in [0, 0.05) is 25.5 Å². The highest BCUT2D eigenvalue weighted by molar-refractivity contribution is 6.34. The van der Waals surface area contributed by atoms with Gasteiger partial charge in [-0.2, -0.15) is 0 Å². The number of nitrogens with zero attached hydrogens (tertiary/aromatic N) is 2. The van der Waals surface area contributed by atoms with Crippen LogP contribution in [0, 0.1) is 0 Å². The summed E-state index contributed by atoms with van der Waals surface area (Å²) in [7, 11) is 0. The van der Waals surface area contributed by atoms with Crippen molar-refractivity contribution in [2.24, 2.45) is 0 Å². The van der Waals surface area contributed by atoms with Crippen molar-refractivity contribution in [2.75, 3.05) is 11.4 Å². The number of carboxylic acids is 1. The van der Waals surface area contributed by atoms with Crippen LogP contribution >= 0.6 is 11.6 Å². The van der Waals surface area contributed by atoms with Gasteiger partial charge in [0.2, 0.25) is 0 Å². The third kappa shape index (κ3) is 3.08. The van der Waals surface area contributed by atoms with E-state index in [4.69, 9.17) is 11.6 Å². The van der Waals surface area contributed by atoms with E-state index in [1.165, 1.54) is 0 Å². The van der Waals surface area contributed by atoms with E-state index in [0.717, 1.165) is 5.56 Å². The molecule has 2 rings (SSSR count). The van der Waals surface area contributed by atoms with E-state index < -0.39 is 5.97 Å². The van der Waals surface area contributed by atoms with Crippen molar-refractivity contribution in [1.82, 2.24) is 4.98 Å². The summed E-state index contributed by atoms with van der Waals surface area (Å²) in [5.41, 5.74) is 1.84. The van der Waals surface area contributed by atoms with Gasteiger partial charge in [-0.15, -0.1) is 0 Å². The summed E-state index contributed by atoms with van der Waals surface area (Å²) >= 11 is 6.01. The van der Waals surface area contributed by atoms with Crippen molar-refractivity contribution < 1.29 is 9.90 Å². The van der Waals surface area contributed by atoms with Gasteiger partial charge in [0.1, 0.15) is 5.56 Å². The molecule has 4 nitrogen and oxygen atoms in total. The SMILES string of the molecule is CCN(Cc1ccncc1)c1cccc(Cl)c1C(=O)O. The molecular formula is C15H15ClN2O2. The van der Waals surface area contributed by atoms with Gasteiger partial charge in [0.25, 0.3) is 0 Å². The lowest BCUT2D eigenvalue weighted by molar-refractivity contribution is 0.0697. The van der Waals surface area contributed by atoms with Crippen LogP contribution in [0.1, 0.15) is 22.8 Å². The van der Waals surface area contributed by atoms with E-state index in [1.54, 1.807) is 30.6 Å². The van der Waals surface area contributed by atoms with Gasteiger partial charge in [-0.1, -0.05) is 17.7 Å². The van der Waals surface area contributed by atoms with Gasteiger partial charge in [0.05, 0.1) is 10.7 Å². The molecule has 0 unspecified atom stereocenters. The predicted molar refractivity (Wildman–Crippen MR) is 79.4 cm³/mol. The van der Waals surface area contributed by atoms with Crippen LogP contribution in [0.5, 0.6) is 0 Å². The lowest BCUT2D eigenvalue weighted by Gasteiger charge is -2.25. The van der Waals surface area contributed by atoms with Gasteiger partial charge >= 0.3 is 5.97 Å². The van der Waals surface area contributed by atoms with Gasteiger partial charge in [0.15, 0.2) is 0 Å². The maximum atomic E-state index is 11.4. The van der Waals surface area contributed by atoms with Crippen molar-refractivity contribution in [3.8, 4) is 0 Å². The van der Waals surface area contributed by atoms with Crippen molar-refractivity contribution in [1.29, 1.82) is 0 Å². The van der Waals surface area contributed by atoms with Crippen LogP contribution < -0.4 is 4.90 Å².